The van der Waals surface area contributed by atoms with Crippen LogP contribution in [-0.4, -0.2) is 0 Å². The second-order valence-corrected chi connectivity index (χ2v) is 7.73. The highest BCUT2D eigenvalue weighted by molar-refractivity contribution is 5.98. The second kappa shape index (κ2) is 9.40. The molecule has 32 heavy (non-hydrogen) atoms. The molecule has 5 aromatic carbocycles. The molecule has 0 amide bonds. The van der Waals surface area contributed by atoms with Crippen LogP contribution >= 0.6 is 0 Å². The first kappa shape index (κ1) is 19.9. The molecule has 0 spiro atoms. The second-order valence-electron chi connectivity index (χ2n) is 7.73. The maximum atomic E-state index is 6.34. The fraction of sp³-hybridized carbons (Fsp3) is 0.0667. The SMILES string of the molecule is c1ccc(COc2ccc(-c3cccc4ccccc34)c(OCc3ccccc3)c2)cc1. The van der Waals surface area contributed by atoms with Crippen LogP contribution in [0.5, 0.6) is 11.5 Å². The third kappa shape index (κ3) is 4.50. The van der Waals surface area contributed by atoms with Gasteiger partial charge < -0.3 is 9.47 Å². The molecule has 0 fully saturated rings. The molecule has 0 heterocycles. The quantitative estimate of drug-likeness (QED) is 0.271. The smallest absolute Gasteiger partial charge is 0.131 e. The minimum Gasteiger partial charge on any atom is -0.489 e. The molecule has 0 saturated heterocycles. The van der Waals surface area contributed by atoms with Crippen LogP contribution in [0.4, 0.5) is 0 Å². The number of rotatable bonds is 7. The third-order valence-electron chi connectivity index (χ3n) is 5.52. The Hall–Kier alpha value is -4.04. The molecule has 0 aliphatic carbocycles. The zero-order chi connectivity index (χ0) is 21.6. The fourth-order valence-corrected chi connectivity index (χ4v) is 3.87. The largest absolute Gasteiger partial charge is 0.489 e. The molecule has 2 heteroatoms. The van der Waals surface area contributed by atoms with Crippen LogP contribution in [0.1, 0.15) is 11.1 Å². The van der Waals surface area contributed by atoms with Crippen LogP contribution in [0.15, 0.2) is 121 Å². The summed E-state index contributed by atoms with van der Waals surface area (Å²) in [6.07, 6.45) is 0. The Kier molecular flexibility index (Phi) is 5.85. The maximum Gasteiger partial charge on any atom is 0.131 e. The number of hydrogen-bond acceptors (Lipinski definition) is 2. The summed E-state index contributed by atoms with van der Waals surface area (Å²) >= 11 is 0. The lowest BCUT2D eigenvalue weighted by atomic mass is 9.97. The summed E-state index contributed by atoms with van der Waals surface area (Å²) in [5, 5.41) is 2.42. The standard InChI is InChI=1S/C30H24O2/c1-3-10-23(11-4-1)21-31-26-18-19-29(28-17-9-15-25-14-7-8-16-27(25)28)30(20-26)32-22-24-12-5-2-6-13-24/h1-20H,21-22H2. The monoisotopic (exact) mass is 416 g/mol. The van der Waals surface area contributed by atoms with Crippen LogP contribution in [0.2, 0.25) is 0 Å². The molecule has 5 aromatic rings. The average Bonchev–Trinajstić information content (AvgIpc) is 2.87. The van der Waals surface area contributed by atoms with Gasteiger partial charge in [0.1, 0.15) is 24.7 Å². The Bertz CT molecular complexity index is 1310. The number of ether oxygens (including phenoxy) is 2. The highest BCUT2D eigenvalue weighted by atomic mass is 16.5. The third-order valence-corrected chi connectivity index (χ3v) is 5.52. The van der Waals surface area contributed by atoms with Crippen molar-refractivity contribution in [3.05, 3.63) is 132 Å². The molecule has 0 atom stereocenters. The molecule has 2 nitrogen and oxygen atoms in total. The molecule has 0 radical (unpaired) electrons. The van der Waals surface area contributed by atoms with Gasteiger partial charge in [-0.15, -0.1) is 0 Å². The van der Waals surface area contributed by atoms with Crippen LogP contribution in [-0.2, 0) is 13.2 Å². The Morgan fingerprint density at radius 2 is 1.09 bits per heavy atom. The molecule has 0 saturated carbocycles. The Morgan fingerprint density at radius 1 is 0.469 bits per heavy atom. The van der Waals surface area contributed by atoms with E-state index in [1.54, 1.807) is 0 Å². The van der Waals surface area contributed by atoms with Crippen molar-refractivity contribution < 1.29 is 9.47 Å². The topological polar surface area (TPSA) is 18.5 Å². The van der Waals surface area contributed by atoms with Crippen LogP contribution in [0.3, 0.4) is 0 Å². The normalized spacial score (nSPS) is 10.8. The summed E-state index contributed by atoms with van der Waals surface area (Å²) in [6, 6.07) is 41.4. The van der Waals surface area contributed by atoms with Crippen LogP contribution in [0.25, 0.3) is 21.9 Å². The zero-order valence-corrected chi connectivity index (χ0v) is 17.8. The van der Waals surface area contributed by atoms with Crippen molar-refractivity contribution in [2.45, 2.75) is 13.2 Å². The summed E-state index contributed by atoms with van der Waals surface area (Å²) in [5.41, 5.74) is 4.48. The first-order chi connectivity index (χ1) is 15.9. The van der Waals surface area contributed by atoms with Gasteiger partial charge in [-0.1, -0.05) is 103 Å². The Labute approximate surface area is 188 Å². The lowest BCUT2D eigenvalue weighted by Gasteiger charge is -2.16. The maximum absolute atomic E-state index is 6.34. The molecular weight excluding hydrogens is 392 g/mol. The van der Waals surface area contributed by atoms with E-state index < -0.39 is 0 Å². The van der Waals surface area contributed by atoms with Crippen molar-refractivity contribution in [2.75, 3.05) is 0 Å². The summed E-state index contributed by atoms with van der Waals surface area (Å²) in [7, 11) is 0. The van der Waals surface area contributed by atoms with Gasteiger partial charge in [-0.2, -0.15) is 0 Å². The molecule has 5 rings (SSSR count). The molecule has 0 aliphatic heterocycles. The van der Waals surface area contributed by atoms with E-state index in [1.807, 2.05) is 48.5 Å². The zero-order valence-electron chi connectivity index (χ0n) is 17.8. The van der Waals surface area contributed by atoms with E-state index in [1.165, 1.54) is 10.8 Å². The predicted octanol–water partition coefficient (Wildman–Crippen LogP) is 7.66. The lowest BCUT2D eigenvalue weighted by Crippen LogP contribution is -1.99. The lowest BCUT2D eigenvalue weighted by molar-refractivity contribution is 0.291. The molecule has 0 bridgehead atoms. The van der Waals surface area contributed by atoms with E-state index in [0.29, 0.717) is 13.2 Å². The highest BCUT2D eigenvalue weighted by Gasteiger charge is 2.12. The van der Waals surface area contributed by atoms with E-state index in [4.69, 9.17) is 9.47 Å². The van der Waals surface area contributed by atoms with Gasteiger partial charge >= 0.3 is 0 Å². The summed E-state index contributed by atoms with van der Waals surface area (Å²) < 4.78 is 12.4. The van der Waals surface area contributed by atoms with E-state index in [9.17, 15) is 0 Å². The molecule has 0 N–H and O–H groups in total. The first-order valence-electron chi connectivity index (χ1n) is 10.8. The molecule has 0 aromatic heterocycles. The minimum atomic E-state index is 0.501. The Morgan fingerprint density at radius 3 is 1.84 bits per heavy atom. The molecule has 156 valence electrons. The molecule has 0 aliphatic rings. The van der Waals surface area contributed by atoms with Gasteiger partial charge in [0.05, 0.1) is 0 Å². The summed E-state index contributed by atoms with van der Waals surface area (Å²) in [5.74, 6) is 1.61. The summed E-state index contributed by atoms with van der Waals surface area (Å²) in [6.45, 7) is 1.02. The van der Waals surface area contributed by atoms with Crippen molar-refractivity contribution in [2.24, 2.45) is 0 Å². The highest BCUT2D eigenvalue weighted by Crippen LogP contribution is 2.38. The number of hydrogen-bond donors (Lipinski definition) is 0. The van der Waals surface area contributed by atoms with Crippen LogP contribution < -0.4 is 9.47 Å². The Balaban J connectivity index is 1.49. The van der Waals surface area contributed by atoms with Gasteiger partial charge in [-0.25, -0.2) is 0 Å². The first-order valence-corrected chi connectivity index (χ1v) is 10.8. The number of benzene rings is 5. The van der Waals surface area contributed by atoms with Crippen molar-refractivity contribution in [1.82, 2.24) is 0 Å². The van der Waals surface area contributed by atoms with Crippen molar-refractivity contribution in [1.29, 1.82) is 0 Å². The summed E-state index contributed by atoms with van der Waals surface area (Å²) in [4.78, 5) is 0. The minimum absolute atomic E-state index is 0.501. The predicted molar refractivity (Wildman–Crippen MR) is 131 cm³/mol. The van der Waals surface area contributed by atoms with Crippen molar-refractivity contribution >= 4 is 10.8 Å². The fourth-order valence-electron chi connectivity index (χ4n) is 3.87. The van der Waals surface area contributed by atoms with E-state index >= 15 is 0 Å². The molecular formula is C30H24O2. The van der Waals surface area contributed by atoms with Gasteiger partial charge in [-0.3, -0.25) is 0 Å². The van der Waals surface area contributed by atoms with E-state index in [0.717, 1.165) is 33.8 Å². The molecule has 0 unspecified atom stereocenters. The van der Waals surface area contributed by atoms with Gasteiger partial charge in [0, 0.05) is 11.6 Å². The van der Waals surface area contributed by atoms with E-state index in [2.05, 4.69) is 72.8 Å². The van der Waals surface area contributed by atoms with Gasteiger partial charge in [0.25, 0.3) is 0 Å². The van der Waals surface area contributed by atoms with Crippen molar-refractivity contribution in [3.8, 4) is 22.6 Å². The van der Waals surface area contributed by atoms with Crippen molar-refractivity contribution in [3.63, 3.8) is 0 Å². The van der Waals surface area contributed by atoms with Crippen LogP contribution in [0, 0.1) is 0 Å². The number of fused-ring (bicyclic) bond motifs is 1. The van der Waals surface area contributed by atoms with E-state index in [-0.39, 0.29) is 0 Å². The van der Waals surface area contributed by atoms with Gasteiger partial charge in [0.2, 0.25) is 0 Å². The van der Waals surface area contributed by atoms with Gasteiger partial charge in [0.15, 0.2) is 0 Å². The average molecular weight is 417 g/mol. The van der Waals surface area contributed by atoms with Gasteiger partial charge in [-0.05, 0) is 39.6 Å².